The van der Waals surface area contributed by atoms with Crippen molar-refractivity contribution >= 4 is 11.8 Å². The van der Waals surface area contributed by atoms with Gasteiger partial charge in [-0.15, -0.1) is 0 Å². The van der Waals surface area contributed by atoms with Crippen molar-refractivity contribution in [2.45, 2.75) is 50.9 Å². The second kappa shape index (κ2) is 5.91. The summed E-state index contributed by atoms with van der Waals surface area (Å²) in [6.45, 7) is 5.75. The Labute approximate surface area is 109 Å². The van der Waals surface area contributed by atoms with Gasteiger partial charge in [0.15, 0.2) is 0 Å². The van der Waals surface area contributed by atoms with Crippen molar-refractivity contribution < 1.29 is 9.47 Å². The molecule has 4 heteroatoms. The number of hydrogen-bond acceptors (Lipinski definition) is 4. The van der Waals surface area contributed by atoms with Crippen molar-refractivity contribution in [3.63, 3.8) is 0 Å². The molecule has 2 fully saturated rings. The summed E-state index contributed by atoms with van der Waals surface area (Å²) >= 11 is 2.01. The molecule has 2 aliphatic rings. The summed E-state index contributed by atoms with van der Waals surface area (Å²) in [5.74, 6) is 2.95. The van der Waals surface area contributed by atoms with Gasteiger partial charge < -0.3 is 15.2 Å². The van der Waals surface area contributed by atoms with E-state index >= 15 is 0 Å². The Balaban J connectivity index is 1.92. The van der Waals surface area contributed by atoms with E-state index in [0.29, 0.717) is 5.92 Å². The van der Waals surface area contributed by atoms with Crippen LogP contribution in [0.2, 0.25) is 0 Å². The Hall–Kier alpha value is 0.230. The number of nitrogens with two attached hydrogens (primary N) is 1. The Bertz CT molecular complexity index is 244. The average molecular weight is 259 g/mol. The molecular weight excluding hydrogens is 234 g/mol. The van der Waals surface area contributed by atoms with Crippen LogP contribution in [0.1, 0.15) is 33.1 Å². The van der Waals surface area contributed by atoms with Gasteiger partial charge in [0.1, 0.15) is 0 Å². The van der Waals surface area contributed by atoms with Gasteiger partial charge in [0, 0.05) is 25.0 Å². The highest BCUT2D eigenvalue weighted by atomic mass is 32.2. The second-order valence-electron chi connectivity index (χ2n) is 5.32. The van der Waals surface area contributed by atoms with Crippen LogP contribution in [0.3, 0.4) is 0 Å². The molecule has 2 N–H and O–H groups in total. The Kier molecular flexibility index (Phi) is 4.75. The van der Waals surface area contributed by atoms with Crippen molar-refractivity contribution in [1.29, 1.82) is 0 Å². The average Bonchev–Trinajstić information content (AvgIpc) is 2.76. The zero-order valence-corrected chi connectivity index (χ0v) is 11.8. The van der Waals surface area contributed by atoms with E-state index in [1.165, 1.54) is 12.2 Å². The van der Waals surface area contributed by atoms with E-state index < -0.39 is 0 Å². The summed E-state index contributed by atoms with van der Waals surface area (Å²) in [5, 5.41) is 0. The van der Waals surface area contributed by atoms with E-state index in [-0.39, 0.29) is 17.7 Å². The van der Waals surface area contributed by atoms with Crippen molar-refractivity contribution in [3.05, 3.63) is 0 Å². The fourth-order valence-corrected chi connectivity index (χ4v) is 4.39. The maximum Gasteiger partial charge on any atom is 0.0783 e. The molecule has 0 aromatic heterocycles. The molecule has 2 heterocycles. The van der Waals surface area contributed by atoms with Gasteiger partial charge in [-0.05, 0) is 44.8 Å². The third-order valence-corrected chi connectivity index (χ3v) is 5.34. The fraction of sp³-hybridized carbons (Fsp3) is 1.00. The lowest BCUT2D eigenvalue weighted by Crippen LogP contribution is -2.49. The topological polar surface area (TPSA) is 44.5 Å². The number of hydrogen-bond donors (Lipinski definition) is 1. The van der Waals surface area contributed by atoms with Gasteiger partial charge >= 0.3 is 0 Å². The normalized spacial score (nSPS) is 37.2. The minimum atomic E-state index is 0.136. The molecule has 0 amide bonds. The fourth-order valence-electron chi connectivity index (χ4n) is 3.01. The van der Waals surface area contributed by atoms with Crippen LogP contribution in [0.25, 0.3) is 0 Å². The van der Waals surface area contributed by atoms with Crippen LogP contribution >= 0.6 is 11.8 Å². The van der Waals surface area contributed by atoms with Crippen LogP contribution in [0.15, 0.2) is 0 Å². The quantitative estimate of drug-likeness (QED) is 0.839. The Morgan fingerprint density at radius 2 is 2.41 bits per heavy atom. The maximum absolute atomic E-state index is 6.34. The predicted octanol–water partition coefficient (Wildman–Crippen LogP) is 2.04. The van der Waals surface area contributed by atoms with E-state index in [9.17, 15) is 0 Å². The minimum absolute atomic E-state index is 0.136. The van der Waals surface area contributed by atoms with Crippen LogP contribution in [0.4, 0.5) is 0 Å². The van der Waals surface area contributed by atoms with Gasteiger partial charge in [0.2, 0.25) is 0 Å². The van der Waals surface area contributed by atoms with Gasteiger partial charge in [0.25, 0.3) is 0 Å². The van der Waals surface area contributed by atoms with Gasteiger partial charge in [-0.2, -0.15) is 11.8 Å². The number of ether oxygens (including phenoxy) is 2. The van der Waals surface area contributed by atoms with E-state index in [1.54, 1.807) is 0 Å². The summed E-state index contributed by atoms with van der Waals surface area (Å²) in [4.78, 5) is 0. The zero-order valence-electron chi connectivity index (χ0n) is 11.0. The molecule has 0 aliphatic carbocycles. The highest BCUT2D eigenvalue weighted by molar-refractivity contribution is 7.99. The highest BCUT2D eigenvalue weighted by Crippen LogP contribution is 2.41. The highest BCUT2D eigenvalue weighted by Gasteiger charge is 2.42. The molecule has 4 unspecified atom stereocenters. The van der Waals surface area contributed by atoms with E-state index in [1.807, 2.05) is 18.7 Å². The van der Waals surface area contributed by atoms with Crippen molar-refractivity contribution in [3.8, 4) is 0 Å². The molecule has 3 nitrogen and oxygen atoms in total. The second-order valence-corrected chi connectivity index (χ2v) is 6.43. The van der Waals surface area contributed by atoms with Crippen molar-refractivity contribution in [2.24, 2.45) is 11.7 Å². The molecule has 0 aromatic rings. The SMILES string of the molecule is CCOC(C)C(N)C1CCOC2(CCSC2)C1. The van der Waals surface area contributed by atoms with Crippen molar-refractivity contribution in [1.82, 2.24) is 0 Å². The first-order valence-electron chi connectivity index (χ1n) is 6.76. The van der Waals surface area contributed by atoms with Gasteiger partial charge in [-0.1, -0.05) is 0 Å². The largest absolute Gasteiger partial charge is 0.377 e. The lowest BCUT2D eigenvalue weighted by atomic mass is 9.80. The van der Waals surface area contributed by atoms with Crippen molar-refractivity contribution in [2.75, 3.05) is 24.7 Å². The van der Waals surface area contributed by atoms with Crippen LogP contribution in [-0.2, 0) is 9.47 Å². The van der Waals surface area contributed by atoms with Crippen LogP contribution in [-0.4, -0.2) is 42.5 Å². The van der Waals surface area contributed by atoms with Gasteiger partial charge in [-0.3, -0.25) is 0 Å². The molecule has 0 saturated carbocycles. The summed E-state index contributed by atoms with van der Waals surface area (Å²) in [6.07, 6.45) is 3.57. The molecule has 1 spiro atoms. The molecule has 17 heavy (non-hydrogen) atoms. The van der Waals surface area contributed by atoms with Crippen LogP contribution in [0.5, 0.6) is 0 Å². The first-order chi connectivity index (χ1) is 8.17. The molecule has 0 aromatic carbocycles. The maximum atomic E-state index is 6.34. The first kappa shape index (κ1) is 13.7. The standard InChI is InChI=1S/C13H25NO2S/c1-3-15-10(2)12(14)11-4-6-16-13(8-11)5-7-17-9-13/h10-12H,3-9,14H2,1-2H3. The smallest absolute Gasteiger partial charge is 0.0783 e. The lowest BCUT2D eigenvalue weighted by Gasteiger charge is -2.41. The lowest BCUT2D eigenvalue weighted by molar-refractivity contribution is -0.0922. The Morgan fingerprint density at radius 1 is 1.59 bits per heavy atom. The molecule has 2 saturated heterocycles. The van der Waals surface area contributed by atoms with Gasteiger partial charge in [0.05, 0.1) is 11.7 Å². The molecule has 2 rings (SSSR count). The number of rotatable bonds is 4. The monoisotopic (exact) mass is 259 g/mol. The third kappa shape index (κ3) is 3.16. The molecule has 0 bridgehead atoms. The number of thioether (sulfide) groups is 1. The van der Waals surface area contributed by atoms with E-state index in [4.69, 9.17) is 15.2 Å². The summed E-state index contributed by atoms with van der Waals surface area (Å²) < 4.78 is 11.7. The summed E-state index contributed by atoms with van der Waals surface area (Å²) in [7, 11) is 0. The molecule has 0 radical (unpaired) electrons. The summed E-state index contributed by atoms with van der Waals surface area (Å²) in [6, 6.07) is 0.154. The predicted molar refractivity (Wildman–Crippen MR) is 72.4 cm³/mol. The summed E-state index contributed by atoms with van der Waals surface area (Å²) in [5.41, 5.74) is 6.48. The van der Waals surface area contributed by atoms with Crippen LogP contribution < -0.4 is 5.73 Å². The minimum Gasteiger partial charge on any atom is -0.377 e. The molecule has 2 aliphatic heterocycles. The Morgan fingerprint density at radius 3 is 3.06 bits per heavy atom. The van der Waals surface area contributed by atoms with E-state index in [2.05, 4.69) is 6.92 Å². The molecular formula is C13H25NO2S. The third-order valence-electron chi connectivity index (χ3n) is 4.11. The van der Waals surface area contributed by atoms with Gasteiger partial charge in [-0.25, -0.2) is 0 Å². The van der Waals surface area contributed by atoms with E-state index in [0.717, 1.165) is 31.8 Å². The van der Waals surface area contributed by atoms with Crippen LogP contribution in [0, 0.1) is 5.92 Å². The molecule has 4 atom stereocenters. The molecule has 100 valence electrons. The zero-order chi connectivity index (χ0) is 12.3. The first-order valence-corrected chi connectivity index (χ1v) is 7.91.